The molecule has 1 heterocycles. The zero-order chi connectivity index (χ0) is 19.8. The van der Waals surface area contributed by atoms with Crippen LogP contribution in [-0.2, 0) is 20.9 Å². The highest BCUT2D eigenvalue weighted by molar-refractivity contribution is 5.81. The molecule has 1 N–H and O–H groups in total. The fourth-order valence-corrected chi connectivity index (χ4v) is 3.52. The number of methoxy groups -OCH3 is 1. The van der Waals surface area contributed by atoms with E-state index in [-0.39, 0.29) is 12.5 Å². The third-order valence-electron chi connectivity index (χ3n) is 5.07. The van der Waals surface area contributed by atoms with E-state index in [1.165, 1.54) is 12.8 Å². The van der Waals surface area contributed by atoms with Crippen LogP contribution in [0, 0.1) is 5.92 Å². The van der Waals surface area contributed by atoms with Gasteiger partial charge in [-0.05, 0) is 36.5 Å². The summed E-state index contributed by atoms with van der Waals surface area (Å²) in [7, 11) is 1.34. The van der Waals surface area contributed by atoms with Gasteiger partial charge in [-0.25, -0.2) is 9.59 Å². The second-order valence-electron chi connectivity index (χ2n) is 6.87. The first-order valence-electron chi connectivity index (χ1n) is 9.52. The Balaban J connectivity index is 1.55. The minimum Gasteiger partial charge on any atom is -0.467 e. The van der Waals surface area contributed by atoms with Gasteiger partial charge in [0.05, 0.1) is 7.11 Å². The minimum absolute atomic E-state index is 0.0108. The highest BCUT2D eigenvalue weighted by Crippen LogP contribution is 2.25. The van der Waals surface area contributed by atoms with Crippen LogP contribution in [-0.4, -0.2) is 38.3 Å². The Morgan fingerprint density at radius 1 is 1.04 bits per heavy atom. The topological polar surface area (TPSA) is 67.9 Å². The van der Waals surface area contributed by atoms with Crippen molar-refractivity contribution in [2.75, 3.05) is 25.1 Å². The summed E-state index contributed by atoms with van der Waals surface area (Å²) in [4.78, 5) is 26.8. The van der Waals surface area contributed by atoms with Crippen LogP contribution in [0.1, 0.15) is 18.4 Å². The van der Waals surface area contributed by atoms with Gasteiger partial charge in [-0.3, -0.25) is 0 Å². The summed E-state index contributed by atoms with van der Waals surface area (Å²) in [5.74, 6) is -0.425. The molecule has 1 aliphatic heterocycles. The summed E-state index contributed by atoms with van der Waals surface area (Å²) >= 11 is 0. The maximum atomic E-state index is 12.3. The summed E-state index contributed by atoms with van der Waals surface area (Å²) < 4.78 is 10.2. The largest absolute Gasteiger partial charge is 0.467 e. The molecule has 0 unspecified atom stereocenters. The van der Waals surface area contributed by atoms with Crippen molar-refractivity contribution in [1.29, 1.82) is 0 Å². The zero-order valence-electron chi connectivity index (χ0n) is 16.0. The van der Waals surface area contributed by atoms with Gasteiger partial charge in [-0.15, -0.1) is 0 Å². The third kappa shape index (κ3) is 5.25. The molecule has 2 aromatic rings. The normalized spacial score (nSPS) is 15.5. The number of ether oxygens (including phenoxy) is 2. The Morgan fingerprint density at radius 2 is 1.64 bits per heavy atom. The maximum absolute atomic E-state index is 12.3. The number of anilines is 1. The highest BCUT2D eigenvalue weighted by atomic mass is 16.6. The molecule has 0 radical (unpaired) electrons. The number of carbonyl (C=O) groups is 2. The molecule has 0 aliphatic carbocycles. The Hall–Kier alpha value is -3.02. The van der Waals surface area contributed by atoms with Gasteiger partial charge >= 0.3 is 12.1 Å². The van der Waals surface area contributed by atoms with Crippen LogP contribution in [0.5, 0.6) is 0 Å². The molecule has 1 amide bonds. The number of nitrogens with one attached hydrogen (secondary N) is 1. The van der Waals surface area contributed by atoms with Crippen molar-refractivity contribution in [3.05, 3.63) is 66.2 Å². The van der Waals surface area contributed by atoms with Crippen molar-refractivity contribution in [3.8, 4) is 0 Å². The smallest absolute Gasteiger partial charge is 0.408 e. The number of hydrogen-bond donors (Lipinski definition) is 1. The zero-order valence-corrected chi connectivity index (χ0v) is 16.0. The van der Waals surface area contributed by atoms with Gasteiger partial charge in [0.15, 0.2) is 0 Å². The number of para-hydroxylation sites is 1. The Morgan fingerprint density at radius 3 is 2.25 bits per heavy atom. The van der Waals surface area contributed by atoms with E-state index in [1.54, 1.807) is 0 Å². The molecular formula is C22H26N2O4. The number of hydrogen-bond acceptors (Lipinski definition) is 5. The first-order valence-corrected chi connectivity index (χ1v) is 9.52. The molecule has 1 saturated heterocycles. The summed E-state index contributed by atoms with van der Waals surface area (Å²) in [6, 6.07) is 18.9. The lowest BCUT2D eigenvalue weighted by molar-refractivity contribution is -0.144. The van der Waals surface area contributed by atoms with Crippen molar-refractivity contribution in [3.63, 3.8) is 0 Å². The lowest BCUT2D eigenvalue weighted by Gasteiger charge is -2.36. The fraction of sp³-hybridized carbons (Fsp3) is 0.364. The van der Waals surface area contributed by atoms with E-state index in [9.17, 15) is 9.59 Å². The molecule has 1 aliphatic rings. The van der Waals surface area contributed by atoms with Crippen LogP contribution in [0.15, 0.2) is 60.7 Å². The Labute approximate surface area is 165 Å². The Kier molecular flexibility index (Phi) is 6.89. The van der Waals surface area contributed by atoms with E-state index in [1.807, 2.05) is 48.5 Å². The molecule has 1 atom stereocenters. The van der Waals surface area contributed by atoms with E-state index in [0.717, 1.165) is 31.5 Å². The van der Waals surface area contributed by atoms with Gasteiger partial charge in [0, 0.05) is 18.8 Å². The number of piperidine rings is 1. The van der Waals surface area contributed by atoms with Gasteiger partial charge < -0.3 is 19.7 Å². The van der Waals surface area contributed by atoms with Gasteiger partial charge in [0.2, 0.25) is 0 Å². The number of esters is 1. The fourth-order valence-electron chi connectivity index (χ4n) is 3.52. The van der Waals surface area contributed by atoms with Crippen molar-refractivity contribution >= 4 is 17.7 Å². The van der Waals surface area contributed by atoms with E-state index < -0.39 is 18.1 Å². The maximum Gasteiger partial charge on any atom is 0.408 e. The second kappa shape index (κ2) is 9.78. The molecular weight excluding hydrogens is 356 g/mol. The van der Waals surface area contributed by atoms with E-state index in [2.05, 4.69) is 22.3 Å². The SMILES string of the molecule is COC(=O)[C@@H](NC(=O)OCc1ccccc1)C1CCN(c2ccccc2)CC1. The number of alkyl carbamates (subject to hydrolysis) is 1. The molecule has 0 aromatic heterocycles. The van der Waals surface area contributed by atoms with Gasteiger partial charge in [0.1, 0.15) is 12.6 Å². The molecule has 6 nitrogen and oxygen atoms in total. The first kappa shape index (κ1) is 19.7. The van der Waals surface area contributed by atoms with Crippen molar-refractivity contribution in [2.45, 2.75) is 25.5 Å². The average molecular weight is 382 g/mol. The molecule has 6 heteroatoms. The van der Waals surface area contributed by atoms with E-state index in [0.29, 0.717) is 0 Å². The minimum atomic E-state index is -0.703. The summed E-state index contributed by atoms with van der Waals surface area (Å²) in [6.07, 6.45) is 0.964. The number of rotatable bonds is 6. The number of benzene rings is 2. The van der Waals surface area contributed by atoms with Crippen molar-refractivity contribution in [1.82, 2.24) is 5.32 Å². The van der Waals surface area contributed by atoms with Crippen LogP contribution in [0.3, 0.4) is 0 Å². The molecule has 0 spiro atoms. The predicted molar refractivity (Wildman–Crippen MR) is 107 cm³/mol. The summed E-state index contributed by atoms with van der Waals surface area (Å²) in [6.45, 7) is 1.80. The van der Waals surface area contributed by atoms with Crippen molar-refractivity contribution < 1.29 is 19.1 Å². The number of amides is 1. The molecule has 148 valence electrons. The van der Waals surface area contributed by atoms with E-state index in [4.69, 9.17) is 9.47 Å². The molecule has 3 rings (SSSR count). The standard InChI is InChI=1S/C22H26N2O4/c1-27-21(25)20(23-22(26)28-16-17-8-4-2-5-9-17)18-12-14-24(15-13-18)19-10-6-3-7-11-19/h2-11,18,20H,12-16H2,1H3,(H,23,26)/t20-/m0/s1. The molecule has 28 heavy (non-hydrogen) atoms. The van der Waals surface area contributed by atoms with Crippen LogP contribution < -0.4 is 10.2 Å². The monoisotopic (exact) mass is 382 g/mol. The van der Waals surface area contributed by atoms with Gasteiger partial charge in [-0.1, -0.05) is 48.5 Å². The predicted octanol–water partition coefficient (Wildman–Crippen LogP) is 3.37. The molecule has 0 bridgehead atoms. The highest BCUT2D eigenvalue weighted by Gasteiger charge is 2.34. The van der Waals surface area contributed by atoms with Crippen LogP contribution in [0.25, 0.3) is 0 Å². The second-order valence-corrected chi connectivity index (χ2v) is 6.87. The lowest BCUT2D eigenvalue weighted by atomic mass is 9.89. The third-order valence-corrected chi connectivity index (χ3v) is 5.07. The number of nitrogens with zero attached hydrogens (tertiary/aromatic N) is 1. The van der Waals surface area contributed by atoms with Crippen LogP contribution in [0.2, 0.25) is 0 Å². The Bertz CT molecular complexity index is 759. The average Bonchev–Trinajstić information content (AvgIpc) is 2.77. The number of carbonyl (C=O) groups excluding carboxylic acids is 2. The summed E-state index contributed by atoms with van der Waals surface area (Å²) in [5.41, 5.74) is 2.06. The van der Waals surface area contributed by atoms with Crippen LogP contribution >= 0.6 is 0 Å². The first-order chi connectivity index (χ1) is 13.7. The lowest BCUT2D eigenvalue weighted by Crippen LogP contribution is -2.50. The molecule has 2 aromatic carbocycles. The quantitative estimate of drug-likeness (QED) is 0.776. The van der Waals surface area contributed by atoms with Gasteiger partial charge in [-0.2, -0.15) is 0 Å². The molecule has 1 fully saturated rings. The molecule has 0 saturated carbocycles. The van der Waals surface area contributed by atoms with Crippen LogP contribution in [0.4, 0.5) is 10.5 Å². The summed E-state index contributed by atoms with van der Waals surface area (Å²) in [5, 5.41) is 2.71. The van der Waals surface area contributed by atoms with Gasteiger partial charge in [0.25, 0.3) is 0 Å². The van der Waals surface area contributed by atoms with E-state index >= 15 is 0 Å². The van der Waals surface area contributed by atoms with Crippen molar-refractivity contribution in [2.24, 2.45) is 5.92 Å².